The lowest BCUT2D eigenvalue weighted by Crippen LogP contribution is -2.11. The van der Waals surface area contributed by atoms with Gasteiger partial charge in [0.1, 0.15) is 0 Å². The summed E-state index contributed by atoms with van der Waals surface area (Å²) in [6.07, 6.45) is 0.841. The quantitative estimate of drug-likeness (QED) is 0.939. The molecule has 2 N–H and O–H groups in total. The molecule has 0 aliphatic rings. The molecule has 2 rings (SSSR count). The highest BCUT2D eigenvalue weighted by atomic mass is 35.5. The van der Waals surface area contributed by atoms with Crippen LogP contribution in [0.1, 0.15) is 17.7 Å². The summed E-state index contributed by atoms with van der Waals surface area (Å²) in [5, 5.41) is 1.93. The molecule has 94 valence electrons. The van der Waals surface area contributed by atoms with Crippen LogP contribution in [0.4, 0.5) is 0 Å². The van der Waals surface area contributed by atoms with Gasteiger partial charge in [0, 0.05) is 22.5 Å². The number of nitrogens with two attached hydrogens (primary N) is 1. The predicted octanol–water partition coefficient (Wildman–Crippen LogP) is 3.27. The number of pyridine rings is 1. The number of benzene rings is 1. The van der Waals surface area contributed by atoms with Crippen LogP contribution >= 0.6 is 23.2 Å². The van der Waals surface area contributed by atoms with E-state index in [2.05, 4.69) is 4.98 Å². The Morgan fingerprint density at radius 2 is 2.06 bits per heavy atom. The van der Waals surface area contributed by atoms with Gasteiger partial charge in [0.05, 0.1) is 10.5 Å². The fraction of sp³-hybridized carbons (Fsp3) is 0.231. The average Bonchev–Trinajstić information content (AvgIpc) is 2.24. The number of hydrogen-bond acceptors (Lipinski definition) is 2. The fourth-order valence-electron chi connectivity index (χ4n) is 1.97. The number of fused-ring (bicyclic) bond motifs is 1. The summed E-state index contributed by atoms with van der Waals surface area (Å²) in [7, 11) is 0. The molecular formula is C13H12Cl2N2O. The van der Waals surface area contributed by atoms with Crippen LogP contribution in [0.5, 0.6) is 0 Å². The molecule has 0 spiro atoms. The monoisotopic (exact) mass is 282 g/mol. The normalized spacial score (nSPS) is 10.8. The largest absolute Gasteiger partial charge is 0.370 e. The zero-order valence-electron chi connectivity index (χ0n) is 9.84. The Balaban J connectivity index is 2.60. The topological polar surface area (TPSA) is 56.0 Å². The minimum absolute atomic E-state index is 0.289. The number of aryl methyl sites for hydroxylation is 2. The van der Waals surface area contributed by atoms with E-state index in [0.717, 1.165) is 22.2 Å². The van der Waals surface area contributed by atoms with Crippen LogP contribution in [0.25, 0.3) is 10.9 Å². The molecule has 18 heavy (non-hydrogen) atoms. The Hall–Kier alpha value is -1.32. The third-order valence-corrected chi connectivity index (χ3v) is 3.19. The molecule has 0 aliphatic heterocycles. The Morgan fingerprint density at radius 1 is 1.33 bits per heavy atom. The van der Waals surface area contributed by atoms with Gasteiger partial charge in [-0.15, -0.1) is 0 Å². The molecule has 0 bridgehead atoms. The summed E-state index contributed by atoms with van der Waals surface area (Å²) in [6.45, 7) is 1.89. The molecule has 0 fully saturated rings. The first-order valence-corrected chi connectivity index (χ1v) is 6.26. The van der Waals surface area contributed by atoms with Crippen molar-refractivity contribution < 1.29 is 4.79 Å². The molecule has 0 aliphatic carbocycles. The van der Waals surface area contributed by atoms with Gasteiger partial charge in [0.2, 0.25) is 5.91 Å². The van der Waals surface area contributed by atoms with Crippen LogP contribution in [0.3, 0.4) is 0 Å². The van der Waals surface area contributed by atoms with Crippen LogP contribution in [-0.4, -0.2) is 10.9 Å². The van der Waals surface area contributed by atoms with Crippen molar-refractivity contribution in [3.8, 4) is 0 Å². The number of aromatic nitrogens is 1. The van der Waals surface area contributed by atoms with Gasteiger partial charge in [-0.1, -0.05) is 23.2 Å². The van der Waals surface area contributed by atoms with Gasteiger partial charge in [-0.25, -0.2) is 0 Å². The van der Waals surface area contributed by atoms with E-state index in [0.29, 0.717) is 16.5 Å². The predicted molar refractivity (Wildman–Crippen MR) is 74.0 cm³/mol. The van der Waals surface area contributed by atoms with Crippen molar-refractivity contribution >= 4 is 40.0 Å². The highest BCUT2D eigenvalue weighted by Gasteiger charge is 2.10. The molecule has 1 aromatic heterocycles. The van der Waals surface area contributed by atoms with Crippen molar-refractivity contribution in [1.29, 1.82) is 0 Å². The summed E-state index contributed by atoms with van der Waals surface area (Å²) in [5.41, 5.74) is 7.75. The number of rotatable bonds is 3. The Kier molecular flexibility index (Phi) is 3.73. The van der Waals surface area contributed by atoms with Crippen LogP contribution in [0, 0.1) is 6.92 Å². The fourth-order valence-corrected chi connectivity index (χ4v) is 2.57. The molecule has 0 atom stereocenters. The summed E-state index contributed by atoms with van der Waals surface area (Å²) in [4.78, 5) is 15.3. The average molecular weight is 283 g/mol. The van der Waals surface area contributed by atoms with Crippen LogP contribution < -0.4 is 5.73 Å². The first-order chi connectivity index (χ1) is 8.47. The zero-order valence-corrected chi connectivity index (χ0v) is 11.3. The minimum Gasteiger partial charge on any atom is -0.370 e. The first kappa shape index (κ1) is 13.1. The lowest BCUT2D eigenvalue weighted by Gasteiger charge is -2.09. The molecule has 1 amide bonds. The van der Waals surface area contributed by atoms with Crippen LogP contribution in [0.2, 0.25) is 10.0 Å². The minimum atomic E-state index is -0.331. The maximum atomic E-state index is 10.9. The number of primary amides is 1. The highest BCUT2D eigenvalue weighted by molar-refractivity contribution is 6.38. The molecule has 1 aromatic carbocycles. The van der Waals surface area contributed by atoms with Crippen molar-refractivity contribution in [3.05, 3.63) is 39.5 Å². The molecule has 0 saturated heterocycles. The summed E-state index contributed by atoms with van der Waals surface area (Å²) in [6, 6.07) is 5.37. The third kappa shape index (κ3) is 2.74. The van der Waals surface area contributed by atoms with E-state index in [1.807, 2.05) is 13.0 Å². The smallest absolute Gasteiger partial charge is 0.217 e. The first-order valence-electron chi connectivity index (χ1n) is 5.51. The Labute approximate surface area is 115 Å². The van der Waals surface area contributed by atoms with E-state index in [1.54, 1.807) is 12.1 Å². The number of nitrogens with zero attached hydrogens (tertiary/aromatic N) is 1. The maximum absolute atomic E-state index is 10.9. The summed E-state index contributed by atoms with van der Waals surface area (Å²) < 4.78 is 0. The lowest BCUT2D eigenvalue weighted by atomic mass is 10.0. The van der Waals surface area contributed by atoms with Gasteiger partial charge >= 0.3 is 0 Å². The molecule has 5 heteroatoms. The van der Waals surface area contributed by atoms with Crippen molar-refractivity contribution in [2.75, 3.05) is 0 Å². The van der Waals surface area contributed by atoms with E-state index in [4.69, 9.17) is 28.9 Å². The summed E-state index contributed by atoms with van der Waals surface area (Å²) >= 11 is 12.2. The number of amides is 1. The van der Waals surface area contributed by atoms with E-state index in [1.165, 1.54) is 0 Å². The molecule has 0 radical (unpaired) electrons. The SMILES string of the molecule is Cc1cc(CCC(N)=O)c2c(Cl)cc(Cl)cc2n1. The van der Waals surface area contributed by atoms with E-state index >= 15 is 0 Å². The van der Waals surface area contributed by atoms with Crippen molar-refractivity contribution in [1.82, 2.24) is 4.98 Å². The molecular weight excluding hydrogens is 271 g/mol. The number of halogens is 2. The number of hydrogen-bond donors (Lipinski definition) is 1. The van der Waals surface area contributed by atoms with Gasteiger partial charge < -0.3 is 5.73 Å². The maximum Gasteiger partial charge on any atom is 0.217 e. The number of carbonyl (C=O) groups is 1. The molecule has 0 saturated carbocycles. The second-order valence-electron chi connectivity index (χ2n) is 4.17. The molecule has 1 heterocycles. The van der Waals surface area contributed by atoms with Crippen molar-refractivity contribution in [3.63, 3.8) is 0 Å². The van der Waals surface area contributed by atoms with Crippen molar-refractivity contribution in [2.45, 2.75) is 19.8 Å². The Bertz CT molecular complexity index is 621. The summed E-state index contributed by atoms with van der Waals surface area (Å²) in [5.74, 6) is -0.331. The van der Waals surface area contributed by atoms with Gasteiger partial charge in [-0.2, -0.15) is 0 Å². The van der Waals surface area contributed by atoms with E-state index in [9.17, 15) is 4.79 Å². The third-order valence-electron chi connectivity index (χ3n) is 2.68. The van der Waals surface area contributed by atoms with Crippen LogP contribution in [0.15, 0.2) is 18.2 Å². The van der Waals surface area contributed by atoms with Gasteiger partial charge in [-0.05, 0) is 37.1 Å². The standard InChI is InChI=1S/C13H12Cl2N2O/c1-7-4-8(2-3-12(16)18)13-10(15)5-9(14)6-11(13)17-7/h4-6H,2-3H2,1H3,(H2,16,18). The van der Waals surface area contributed by atoms with Gasteiger partial charge in [0.15, 0.2) is 0 Å². The van der Waals surface area contributed by atoms with Crippen LogP contribution in [-0.2, 0) is 11.2 Å². The molecule has 3 nitrogen and oxygen atoms in total. The highest BCUT2D eigenvalue weighted by Crippen LogP contribution is 2.30. The van der Waals surface area contributed by atoms with Crippen molar-refractivity contribution in [2.24, 2.45) is 5.73 Å². The van der Waals surface area contributed by atoms with E-state index in [-0.39, 0.29) is 12.3 Å². The molecule has 0 unspecified atom stereocenters. The molecule has 2 aromatic rings. The number of carbonyl (C=O) groups excluding carboxylic acids is 1. The zero-order chi connectivity index (χ0) is 13.3. The second-order valence-corrected chi connectivity index (χ2v) is 5.01. The second kappa shape index (κ2) is 5.12. The van der Waals surface area contributed by atoms with Gasteiger partial charge in [0.25, 0.3) is 0 Å². The van der Waals surface area contributed by atoms with E-state index < -0.39 is 0 Å². The Morgan fingerprint density at radius 3 is 2.72 bits per heavy atom. The lowest BCUT2D eigenvalue weighted by molar-refractivity contribution is -0.117. The van der Waals surface area contributed by atoms with Gasteiger partial charge in [-0.3, -0.25) is 9.78 Å².